The molecule has 84 valence electrons. The van der Waals surface area contributed by atoms with Gasteiger partial charge in [0.1, 0.15) is 12.2 Å². The van der Waals surface area contributed by atoms with E-state index in [0.717, 1.165) is 25.2 Å². The van der Waals surface area contributed by atoms with Crippen molar-refractivity contribution in [2.24, 2.45) is 0 Å². The van der Waals surface area contributed by atoms with Crippen LogP contribution in [0.2, 0.25) is 0 Å². The second-order valence-electron chi connectivity index (χ2n) is 4.24. The maximum Gasteiger partial charge on any atom is 0.138 e. The van der Waals surface area contributed by atoms with Crippen LogP contribution in [0.1, 0.15) is 32.5 Å². The van der Waals surface area contributed by atoms with Crippen molar-refractivity contribution in [1.29, 1.82) is 0 Å². The number of hydrogen-bond donors (Lipinski definition) is 2. The Morgan fingerprint density at radius 3 is 2.80 bits per heavy atom. The van der Waals surface area contributed by atoms with Gasteiger partial charge in [-0.2, -0.15) is 5.10 Å². The van der Waals surface area contributed by atoms with E-state index in [1.807, 2.05) is 0 Å². The molecule has 0 saturated carbocycles. The molecule has 15 heavy (non-hydrogen) atoms. The van der Waals surface area contributed by atoms with Crippen molar-refractivity contribution in [3.8, 4) is 0 Å². The predicted octanol–water partition coefficient (Wildman–Crippen LogP) is 0.850. The second-order valence-corrected chi connectivity index (χ2v) is 4.24. The number of H-pyrrole nitrogens is 1. The first-order valence-corrected chi connectivity index (χ1v) is 5.47. The van der Waals surface area contributed by atoms with Crippen LogP contribution in [0.3, 0.4) is 0 Å². The van der Waals surface area contributed by atoms with E-state index in [1.165, 1.54) is 6.33 Å². The molecule has 0 spiro atoms. The summed E-state index contributed by atoms with van der Waals surface area (Å²) in [4.78, 5) is 4.08. The minimum atomic E-state index is 0.348. The van der Waals surface area contributed by atoms with Crippen LogP contribution in [-0.2, 0) is 11.3 Å². The lowest BCUT2D eigenvalue weighted by Gasteiger charge is -2.32. The zero-order chi connectivity index (χ0) is 10.7. The molecule has 2 rings (SSSR count). The van der Waals surface area contributed by atoms with Crippen molar-refractivity contribution >= 4 is 0 Å². The highest BCUT2D eigenvalue weighted by atomic mass is 16.5. The Morgan fingerprint density at radius 2 is 2.20 bits per heavy atom. The maximum absolute atomic E-state index is 5.68. The topological polar surface area (TPSA) is 62.8 Å². The molecule has 2 atom stereocenters. The van der Waals surface area contributed by atoms with E-state index in [0.29, 0.717) is 18.2 Å². The Hall–Kier alpha value is -0.940. The van der Waals surface area contributed by atoms with E-state index in [4.69, 9.17) is 4.74 Å². The molecule has 1 saturated heterocycles. The molecular weight excluding hydrogens is 192 g/mol. The highest BCUT2D eigenvalue weighted by molar-refractivity contribution is 4.83. The largest absolute Gasteiger partial charge is 0.375 e. The molecule has 1 aromatic rings. The monoisotopic (exact) mass is 210 g/mol. The molecule has 1 fully saturated rings. The van der Waals surface area contributed by atoms with E-state index < -0.39 is 0 Å². The summed E-state index contributed by atoms with van der Waals surface area (Å²) in [6, 6.07) is 0.522. The van der Waals surface area contributed by atoms with Crippen LogP contribution < -0.4 is 5.32 Å². The third kappa shape index (κ3) is 3.00. The minimum absolute atomic E-state index is 0.348. The Kier molecular flexibility index (Phi) is 3.33. The van der Waals surface area contributed by atoms with Gasteiger partial charge in [0.05, 0.1) is 18.8 Å². The molecule has 5 nitrogen and oxygen atoms in total. The van der Waals surface area contributed by atoms with Crippen LogP contribution in [0.25, 0.3) is 0 Å². The Bertz CT molecular complexity index is 278. The van der Waals surface area contributed by atoms with Gasteiger partial charge in [0.15, 0.2) is 0 Å². The van der Waals surface area contributed by atoms with Crippen molar-refractivity contribution in [2.75, 3.05) is 0 Å². The van der Waals surface area contributed by atoms with E-state index >= 15 is 0 Å². The fourth-order valence-corrected chi connectivity index (χ4v) is 2.13. The number of nitrogens with zero attached hydrogens (tertiary/aromatic N) is 2. The van der Waals surface area contributed by atoms with Gasteiger partial charge in [0.25, 0.3) is 0 Å². The molecule has 5 heteroatoms. The highest BCUT2D eigenvalue weighted by Crippen LogP contribution is 2.18. The van der Waals surface area contributed by atoms with Crippen LogP contribution in [0.15, 0.2) is 6.33 Å². The molecule has 0 aromatic carbocycles. The van der Waals surface area contributed by atoms with Crippen LogP contribution in [-0.4, -0.2) is 33.4 Å². The summed E-state index contributed by atoms with van der Waals surface area (Å²) in [7, 11) is 0. The molecule has 0 aliphatic carbocycles. The smallest absolute Gasteiger partial charge is 0.138 e. The van der Waals surface area contributed by atoms with E-state index in [2.05, 4.69) is 34.3 Å². The van der Waals surface area contributed by atoms with Gasteiger partial charge in [-0.15, -0.1) is 0 Å². The fraction of sp³-hybridized carbons (Fsp3) is 0.800. The SMILES string of the molecule is CC1CC(NCc2ncn[nH]2)CC(C)O1. The predicted molar refractivity (Wildman–Crippen MR) is 56.3 cm³/mol. The minimum Gasteiger partial charge on any atom is -0.375 e. The number of ether oxygens (including phenoxy) is 1. The van der Waals surface area contributed by atoms with E-state index in [1.54, 1.807) is 0 Å². The van der Waals surface area contributed by atoms with Crippen LogP contribution in [0, 0.1) is 0 Å². The summed E-state index contributed by atoms with van der Waals surface area (Å²) in [5, 5.41) is 10.1. The first-order valence-electron chi connectivity index (χ1n) is 5.47. The molecule has 1 aliphatic heterocycles. The Labute approximate surface area is 89.6 Å². The first-order chi connectivity index (χ1) is 7.24. The average Bonchev–Trinajstić information content (AvgIpc) is 2.65. The highest BCUT2D eigenvalue weighted by Gasteiger charge is 2.23. The van der Waals surface area contributed by atoms with Gasteiger partial charge in [-0.3, -0.25) is 5.10 Å². The van der Waals surface area contributed by atoms with Crippen molar-refractivity contribution in [1.82, 2.24) is 20.5 Å². The number of aromatic amines is 1. The van der Waals surface area contributed by atoms with Gasteiger partial charge in [-0.25, -0.2) is 4.98 Å². The summed E-state index contributed by atoms with van der Waals surface area (Å²) in [6.45, 7) is 5.00. The number of aromatic nitrogens is 3. The molecule has 2 heterocycles. The molecule has 2 N–H and O–H groups in total. The second kappa shape index (κ2) is 4.72. The summed E-state index contributed by atoms with van der Waals surface area (Å²) in [6.07, 6.45) is 4.37. The van der Waals surface area contributed by atoms with Crippen LogP contribution in [0.4, 0.5) is 0 Å². The number of hydrogen-bond acceptors (Lipinski definition) is 4. The van der Waals surface area contributed by atoms with Crippen molar-refractivity contribution in [3.63, 3.8) is 0 Å². The van der Waals surface area contributed by atoms with Gasteiger partial charge in [0, 0.05) is 6.04 Å². The fourth-order valence-electron chi connectivity index (χ4n) is 2.13. The molecule has 0 bridgehead atoms. The lowest BCUT2D eigenvalue weighted by atomic mass is 10.00. The Balaban J connectivity index is 1.79. The summed E-state index contributed by atoms with van der Waals surface area (Å²) in [5.74, 6) is 0.891. The van der Waals surface area contributed by atoms with Gasteiger partial charge < -0.3 is 10.1 Å². The lowest BCUT2D eigenvalue weighted by Crippen LogP contribution is -2.41. The third-order valence-corrected chi connectivity index (χ3v) is 2.72. The van der Waals surface area contributed by atoms with Crippen LogP contribution >= 0.6 is 0 Å². The van der Waals surface area contributed by atoms with Crippen LogP contribution in [0.5, 0.6) is 0 Å². The molecule has 1 aliphatic rings. The number of rotatable bonds is 3. The zero-order valence-electron chi connectivity index (χ0n) is 9.23. The van der Waals surface area contributed by atoms with E-state index in [9.17, 15) is 0 Å². The van der Waals surface area contributed by atoms with Gasteiger partial charge in [-0.05, 0) is 26.7 Å². The molecule has 0 amide bonds. The first kappa shape index (κ1) is 10.6. The van der Waals surface area contributed by atoms with Gasteiger partial charge in [0.2, 0.25) is 0 Å². The molecular formula is C10H18N4O. The number of nitrogens with one attached hydrogen (secondary N) is 2. The maximum atomic E-state index is 5.68. The van der Waals surface area contributed by atoms with Crippen molar-refractivity contribution < 1.29 is 4.74 Å². The van der Waals surface area contributed by atoms with E-state index in [-0.39, 0.29) is 0 Å². The third-order valence-electron chi connectivity index (χ3n) is 2.72. The summed E-state index contributed by atoms with van der Waals surface area (Å²) in [5.41, 5.74) is 0. The zero-order valence-corrected chi connectivity index (χ0v) is 9.23. The Morgan fingerprint density at radius 1 is 1.47 bits per heavy atom. The average molecular weight is 210 g/mol. The van der Waals surface area contributed by atoms with Crippen molar-refractivity contribution in [2.45, 2.75) is 51.5 Å². The van der Waals surface area contributed by atoms with Crippen molar-refractivity contribution in [3.05, 3.63) is 12.2 Å². The normalized spacial score (nSPS) is 31.7. The summed E-state index contributed by atoms with van der Waals surface area (Å²) < 4.78 is 5.68. The van der Waals surface area contributed by atoms with Gasteiger partial charge in [-0.1, -0.05) is 0 Å². The molecule has 0 radical (unpaired) electrons. The summed E-state index contributed by atoms with van der Waals surface area (Å²) >= 11 is 0. The lowest BCUT2D eigenvalue weighted by molar-refractivity contribution is -0.0423. The standard InChI is InChI=1S/C10H18N4O/c1-7-3-9(4-8(2)15-7)11-5-10-12-6-13-14-10/h6-9,11H,3-5H2,1-2H3,(H,12,13,14). The molecule has 2 unspecified atom stereocenters. The van der Waals surface area contributed by atoms with Gasteiger partial charge >= 0.3 is 0 Å². The quantitative estimate of drug-likeness (QED) is 0.776. The molecule has 1 aromatic heterocycles.